The van der Waals surface area contributed by atoms with Crippen molar-refractivity contribution in [3.05, 3.63) is 23.7 Å². The quantitative estimate of drug-likeness (QED) is 0.606. The van der Waals surface area contributed by atoms with Gasteiger partial charge in [0.25, 0.3) is 0 Å². The highest BCUT2D eigenvalue weighted by atomic mass is 16.5. The summed E-state index contributed by atoms with van der Waals surface area (Å²) in [5.74, 6) is -0.987. The molecule has 3 nitrogen and oxygen atoms in total. The molecular weight excluding hydrogens is 155 g/mol. The Labute approximate surface area is 84.4 Å². The van der Waals surface area contributed by atoms with Crippen molar-refractivity contribution in [1.29, 1.82) is 0 Å². The Balaban J connectivity index is 3.79. The highest BCUT2D eigenvalue weighted by molar-refractivity contribution is 6.58. The highest BCUT2D eigenvalue weighted by Gasteiger charge is 2.11. The van der Waals surface area contributed by atoms with Gasteiger partial charge in [0, 0.05) is 4.11 Å². The predicted molar refractivity (Wildman–Crippen MR) is 47.6 cm³/mol. The summed E-state index contributed by atoms with van der Waals surface area (Å²) in [5, 5.41) is 18.2. The van der Waals surface area contributed by atoms with Gasteiger partial charge in [-0.1, -0.05) is 12.1 Å². The normalized spacial score (nSPS) is 22.7. The summed E-state index contributed by atoms with van der Waals surface area (Å²) in [6, 6.07) is -2.80. The molecule has 0 aromatic heterocycles. The summed E-state index contributed by atoms with van der Waals surface area (Å²) in [6.45, 7) is -3.01. The molecule has 0 unspecified atom stereocenters. The monoisotopic (exact) mass is 175 g/mol. The molecule has 0 atom stereocenters. The van der Waals surface area contributed by atoms with E-state index in [-0.39, 0.29) is 0 Å². The molecule has 0 spiro atoms. The third-order valence-electron chi connectivity index (χ3n) is 1.16. The number of ether oxygens (including phenoxy) is 1. The summed E-state index contributed by atoms with van der Waals surface area (Å²) < 4.78 is 70.1. The lowest BCUT2D eigenvalue weighted by molar-refractivity contribution is 0.409. The van der Waals surface area contributed by atoms with Crippen LogP contribution >= 0.6 is 0 Å². The zero-order chi connectivity index (χ0) is 16.7. The standard InChI is InChI=1S/C8H11BO3/c1-6-3-4-7(9(10)11)5-8(6)12-2/h3-5,10-11H,1-2H3/i1D3,2D3,3D,4D,5D. The lowest BCUT2D eigenvalue weighted by atomic mass is 9.80. The van der Waals surface area contributed by atoms with E-state index in [1.54, 1.807) is 0 Å². The molecule has 0 aliphatic rings. The van der Waals surface area contributed by atoms with Crippen LogP contribution in [0, 0.1) is 6.85 Å². The van der Waals surface area contributed by atoms with Crippen molar-refractivity contribution in [2.45, 2.75) is 6.85 Å². The summed E-state index contributed by atoms with van der Waals surface area (Å²) in [4.78, 5) is 0. The van der Waals surface area contributed by atoms with E-state index in [0.717, 1.165) is 0 Å². The maximum Gasteiger partial charge on any atom is 0.488 e. The van der Waals surface area contributed by atoms with Gasteiger partial charge in [0.15, 0.2) is 0 Å². The Morgan fingerprint density at radius 3 is 3.00 bits per heavy atom. The summed E-state index contributed by atoms with van der Waals surface area (Å²) in [6.07, 6.45) is 0. The van der Waals surface area contributed by atoms with Crippen LogP contribution in [0.25, 0.3) is 0 Å². The van der Waals surface area contributed by atoms with E-state index < -0.39 is 55.9 Å². The molecule has 0 fully saturated rings. The van der Waals surface area contributed by atoms with E-state index in [1.807, 2.05) is 0 Å². The topological polar surface area (TPSA) is 49.7 Å². The molecule has 0 heterocycles. The van der Waals surface area contributed by atoms with Crippen LogP contribution in [0.4, 0.5) is 0 Å². The number of hydrogen-bond donors (Lipinski definition) is 2. The van der Waals surface area contributed by atoms with Gasteiger partial charge >= 0.3 is 7.12 Å². The van der Waals surface area contributed by atoms with Gasteiger partial charge in [0.05, 0.1) is 15.3 Å². The first-order chi connectivity index (χ1) is 9.27. The second kappa shape index (κ2) is 3.60. The molecule has 0 radical (unpaired) electrons. The molecule has 0 saturated carbocycles. The minimum atomic E-state index is -3.11. The third-order valence-corrected chi connectivity index (χ3v) is 1.16. The molecule has 0 saturated heterocycles. The van der Waals surface area contributed by atoms with Crippen molar-refractivity contribution in [2.24, 2.45) is 0 Å². The fourth-order valence-electron chi connectivity index (χ4n) is 0.608. The second-order valence-electron chi connectivity index (χ2n) is 1.97. The van der Waals surface area contributed by atoms with Crippen LogP contribution in [0.5, 0.6) is 5.75 Å². The fraction of sp³-hybridized carbons (Fsp3) is 0.250. The van der Waals surface area contributed by atoms with Crippen LogP contribution in [-0.4, -0.2) is 24.2 Å². The minimum absolute atomic E-state index is 0.799. The largest absolute Gasteiger partial charge is 0.497 e. The van der Waals surface area contributed by atoms with Gasteiger partial charge in [-0.25, -0.2) is 0 Å². The van der Waals surface area contributed by atoms with E-state index in [9.17, 15) is 0 Å². The minimum Gasteiger partial charge on any atom is -0.497 e. The van der Waals surface area contributed by atoms with E-state index in [1.165, 1.54) is 0 Å². The Bertz CT molecular complexity index is 552. The second-order valence-corrected chi connectivity index (χ2v) is 1.97. The SMILES string of the molecule is [2H]c1c([2H])c(C([2H])([2H])[2H])c(OC([2H])([2H])[2H])c([2H])c1B(O)O. The molecule has 0 aliphatic carbocycles. The average molecular weight is 175 g/mol. The number of hydrogen-bond acceptors (Lipinski definition) is 3. The Morgan fingerprint density at radius 1 is 1.58 bits per heavy atom. The summed E-state index contributed by atoms with van der Waals surface area (Å²) >= 11 is 0. The van der Waals surface area contributed by atoms with E-state index >= 15 is 0 Å². The van der Waals surface area contributed by atoms with Gasteiger partial charge < -0.3 is 14.8 Å². The van der Waals surface area contributed by atoms with E-state index in [2.05, 4.69) is 4.74 Å². The predicted octanol–water partition coefficient (Wildman–Crippen LogP) is -0.317. The molecule has 1 aromatic rings. The van der Waals surface area contributed by atoms with Crippen molar-refractivity contribution < 1.29 is 27.1 Å². The Hall–Kier alpha value is -0.995. The van der Waals surface area contributed by atoms with Gasteiger partial charge in [-0.15, -0.1) is 0 Å². The van der Waals surface area contributed by atoms with Crippen LogP contribution in [0.1, 0.15) is 17.9 Å². The molecule has 0 amide bonds. The zero-order valence-electron chi connectivity index (χ0n) is 14.9. The molecule has 12 heavy (non-hydrogen) atoms. The van der Waals surface area contributed by atoms with Crippen molar-refractivity contribution in [1.82, 2.24) is 0 Å². The Kier molecular flexibility index (Phi) is 0.827. The average Bonchev–Trinajstić information content (AvgIpc) is 2.21. The van der Waals surface area contributed by atoms with Gasteiger partial charge in [0.1, 0.15) is 5.75 Å². The lowest BCUT2D eigenvalue weighted by Crippen LogP contribution is -2.29. The van der Waals surface area contributed by atoms with Crippen molar-refractivity contribution in [3.63, 3.8) is 0 Å². The lowest BCUT2D eigenvalue weighted by Gasteiger charge is -2.06. The first-order valence-corrected chi connectivity index (χ1v) is 2.96. The van der Waals surface area contributed by atoms with Crippen LogP contribution in [-0.2, 0) is 0 Å². The molecule has 2 N–H and O–H groups in total. The molecule has 4 heteroatoms. The Morgan fingerprint density at radius 2 is 2.42 bits per heavy atom. The van der Waals surface area contributed by atoms with Crippen LogP contribution < -0.4 is 10.2 Å². The van der Waals surface area contributed by atoms with Crippen LogP contribution in [0.2, 0.25) is 0 Å². The molecular formula is C8H11BO3. The maximum atomic E-state index is 9.12. The van der Waals surface area contributed by atoms with Gasteiger partial charge in [0.2, 0.25) is 0 Å². The van der Waals surface area contributed by atoms with Crippen LogP contribution in [0.15, 0.2) is 18.1 Å². The highest BCUT2D eigenvalue weighted by Crippen LogP contribution is 2.13. The van der Waals surface area contributed by atoms with Gasteiger partial charge in [-0.3, -0.25) is 0 Å². The van der Waals surface area contributed by atoms with Crippen molar-refractivity contribution in [2.75, 3.05) is 7.04 Å². The molecule has 0 bridgehead atoms. The number of rotatable bonds is 2. The van der Waals surface area contributed by atoms with E-state index in [0.29, 0.717) is 0 Å². The summed E-state index contributed by atoms with van der Waals surface area (Å²) in [5.41, 5.74) is -1.73. The van der Waals surface area contributed by atoms with Crippen molar-refractivity contribution in [3.8, 4) is 5.75 Å². The first-order valence-electron chi connectivity index (χ1n) is 7.46. The smallest absolute Gasteiger partial charge is 0.488 e. The molecule has 1 rings (SSSR count). The van der Waals surface area contributed by atoms with Crippen LogP contribution in [0.3, 0.4) is 0 Å². The summed E-state index contributed by atoms with van der Waals surface area (Å²) in [7, 11) is -5.46. The molecule has 64 valence electrons. The number of methoxy groups -OCH3 is 1. The van der Waals surface area contributed by atoms with Gasteiger partial charge in [-0.05, 0) is 23.9 Å². The first kappa shape index (κ1) is 2.75. The van der Waals surface area contributed by atoms with Gasteiger partial charge in [-0.2, -0.15) is 0 Å². The van der Waals surface area contributed by atoms with Crippen molar-refractivity contribution >= 4 is 12.6 Å². The maximum absolute atomic E-state index is 9.12. The third kappa shape index (κ3) is 1.78. The molecule has 0 aliphatic heterocycles. The fourth-order valence-corrected chi connectivity index (χ4v) is 0.608. The van der Waals surface area contributed by atoms with E-state index in [4.69, 9.17) is 22.4 Å². The molecule has 1 aromatic carbocycles. The number of benzene rings is 1. The zero-order valence-corrected chi connectivity index (χ0v) is 5.88.